The highest BCUT2D eigenvalue weighted by molar-refractivity contribution is 9.10. The first-order chi connectivity index (χ1) is 10.1. The molecule has 110 valence electrons. The van der Waals surface area contributed by atoms with Crippen molar-refractivity contribution in [2.24, 2.45) is 0 Å². The van der Waals surface area contributed by atoms with Crippen LogP contribution in [0.3, 0.4) is 0 Å². The first-order valence-corrected chi connectivity index (χ1v) is 8.48. The predicted molar refractivity (Wildman–Crippen MR) is 93.0 cm³/mol. The monoisotopic (exact) mass is 343 g/mol. The van der Waals surface area contributed by atoms with Gasteiger partial charge in [-0.25, -0.2) is 0 Å². The van der Waals surface area contributed by atoms with E-state index in [0.717, 1.165) is 13.1 Å². The zero-order valence-electron chi connectivity index (χ0n) is 12.7. The number of aryl methyl sites for hydroxylation is 2. The van der Waals surface area contributed by atoms with Gasteiger partial charge in [0.25, 0.3) is 0 Å². The van der Waals surface area contributed by atoms with Crippen molar-refractivity contribution in [1.82, 2.24) is 5.32 Å². The van der Waals surface area contributed by atoms with Gasteiger partial charge < -0.3 is 5.32 Å². The van der Waals surface area contributed by atoms with E-state index in [1.165, 1.54) is 33.1 Å². The Morgan fingerprint density at radius 2 is 1.67 bits per heavy atom. The van der Waals surface area contributed by atoms with Crippen molar-refractivity contribution < 1.29 is 0 Å². The van der Waals surface area contributed by atoms with Gasteiger partial charge in [0.2, 0.25) is 0 Å². The largest absolute Gasteiger partial charge is 0.316 e. The van der Waals surface area contributed by atoms with Crippen LogP contribution in [0.25, 0.3) is 0 Å². The van der Waals surface area contributed by atoms with Crippen molar-refractivity contribution >= 4 is 15.9 Å². The van der Waals surface area contributed by atoms with Gasteiger partial charge in [-0.05, 0) is 55.5 Å². The van der Waals surface area contributed by atoms with Crippen molar-refractivity contribution in [3.8, 4) is 0 Å². The fourth-order valence-corrected chi connectivity index (χ4v) is 3.57. The van der Waals surface area contributed by atoms with Crippen LogP contribution in [0.15, 0.2) is 46.9 Å². The summed E-state index contributed by atoms with van der Waals surface area (Å²) in [5.41, 5.74) is 5.59. The molecule has 1 N–H and O–H groups in total. The molecule has 0 bridgehead atoms. The van der Waals surface area contributed by atoms with Gasteiger partial charge in [-0.1, -0.05) is 57.9 Å². The van der Waals surface area contributed by atoms with E-state index in [-0.39, 0.29) is 0 Å². The third kappa shape index (κ3) is 3.22. The molecule has 2 aromatic rings. The summed E-state index contributed by atoms with van der Waals surface area (Å²) in [7, 11) is 0. The number of rotatable bonds is 2. The molecule has 0 radical (unpaired) electrons. The topological polar surface area (TPSA) is 12.0 Å². The average molecular weight is 344 g/mol. The summed E-state index contributed by atoms with van der Waals surface area (Å²) in [5, 5.41) is 3.56. The molecule has 3 rings (SSSR count). The second kappa shape index (κ2) is 6.33. The predicted octanol–water partition coefficient (Wildman–Crippen LogP) is 4.93. The van der Waals surface area contributed by atoms with Crippen LogP contribution < -0.4 is 5.32 Å². The number of nitrogens with one attached hydrogen (secondary N) is 1. The standard InChI is InChI=1S/C19H22BrN/c1-13-3-5-15(6-4-13)18-12-21-10-9-17(18)16-7-8-19(20)14(2)11-16/h3-8,11,17-18,21H,9-10,12H2,1-2H3. The molecular formula is C19H22BrN. The molecule has 0 aromatic heterocycles. The fourth-order valence-electron chi connectivity index (χ4n) is 3.32. The Kier molecular flexibility index (Phi) is 4.46. The van der Waals surface area contributed by atoms with Crippen LogP contribution in [0.4, 0.5) is 0 Å². The van der Waals surface area contributed by atoms with Crippen molar-refractivity contribution in [3.05, 3.63) is 69.2 Å². The van der Waals surface area contributed by atoms with E-state index in [2.05, 4.69) is 77.6 Å². The molecule has 1 heterocycles. The lowest BCUT2D eigenvalue weighted by Crippen LogP contribution is -2.34. The van der Waals surface area contributed by atoms with Crippen LogP contribution in [0.1, 0.15) is 40.5 Å². The van der Waals surface area contributed by atoms with Gasteiger partial charge in [-0.2, -0.15) is 0 Å². The summed E-state index contributed by atoms with van der Waals surface area (Å²) in [6.45, 7) is 6.51. The molecule has 0 aliphatic carbocycles. The minimum Gasteiger partial charge on any atom is -0.316 e. The maximum atomic E-state index is 3.61. The second-order valence-corrected chi connectivity index (χ2v) is 6.98. The van der Waals surface area contributed by atoms with E-state index in [0.29, 0.717) is 11.8 Å². The minimum absolute atomic E-state index is 0.569. The molecule has 2 aromatic carbocycles. The molecule has 1 aliphatic rings. The highest BCUT2D eigenvalue weighted by atomic mass is 79.9. The summed E-state index contributed by atoms with van der Waals surface area (Å²) in [4.78, 5) is 0. The fraction of sp³-hybridized carbons (Fsp3) is 0.368. The summed E-state index contributed by atoms with van der Waals surface area (Å²) >= 11 is 3.61. The molecule has 2 unspecified atom stereocenters. The molecule has 0 saturated carbocycles. The molecule has 1 aliphatic heterocycles. The maximum absolute atomic E-state index is 3.61. The van der Waals surface area contributed by atoms with Gasteiger partial charge >= 0.3 is 0 Å². The third-order valence-corrected chi connectivity index (χ3v) is 5.49. The van der Waals surface area contributed by atoms with Gasteiger partial charge in [-0.3, -0.25) is 0 Å². The molecular weight excluding hydrogens is 322 g/mol. The number of piperidine rings is 1. The molecule has 0 spiro atoms. The summed E-state index contributed by atoms with van der Waals surface area (Å²) in [6.07, 6.45) is 1.21. The Morgan fingerprint density at radius 3 is 2.38 bits per heavy atom. The Morgan fingerprint density at radius 1 is 0.952 bits per heavy atom. The quantitative estimate of drug-likeness (QED) is 0.815. The number of benzene rings is 2. The van der Waals surface area contributed by atoms with Crippen LogP contribution >= 0.6 is 15.9 Å². The number of hydrogen-bond acceptors (Lipinski definition) is 1. The molecule has 1 nitrogen and oxygen atoms in total. The van der Waals surface area contributed by atoms with Gasteiger partial charge in [0.1, 0.15) is 0 Å². The van der Waals surface area contributed by atoms with E-state index < -0.39 is 0 Å². The average Bonchev–Trinajstić information content (AvgIpc) is 2.51. The Bertz CT molecular complexity index is 618. The van der Waals surface area contributed by atoms with Gasteiger partial charge in [0.05, 0.1) is 0 Å². The summed E-state index contributed by atoms with van der Waals surface area (Å²) < 4.78 is 1.20. The van der Waals surface area contributed by atoms with E-state index in [4.69, 9.17) is 0 Å². The number of halogens is 1. The Labute approximate surface area is 135 Å². The van der Waals surface area contributed by atoms with E-state index in [1.807, 2.05) is 0 Å². The van der Waals surface area contributed by atoms with Crippen molar-refractivity contribution in [2.75, 3.05) is 13.1 Å². The third-order valence-electron chi connectivity index (χ3n) is 4.60. The zero-order chi connectivity index (χ0) is 14.8. The highest BCUT2D eigenvalue weighted by Gasteiger charge is 2.27. The molecule has 21 heavy (non-hydrogen) atoms. The molecule has 1 fully saturated rings. The lowest BCUT2D eigenvalue weighted by Gasteiger charge is -2.33. The van der Waals surface area contributed by atoms with Crippen LogP contribution in [0.5, 0.6) is 0 Å². The summed E-state index contributed by atoms with van der Waals surface area (Å²) in [6, 6.07) is 15.9. The van der Waals surface area contributed by atoms with Crippen molar-refractivity contribution in [1.29, 1.82) is 0 Å². The van der Waals surface area contributed by atoms with Gasteiger partial charge in [0, 0.05) is 16.9 Å². The maximum Gasteiger partial charge on any atom is 0.0204 e. The lowest BCUT2D eigenvalue weighted by atomic mass is 9.77. The lowest BCUT2D eigenvalue weighted by molar-refractivity contribution is 0.404. The molecule has 0 amide bonds. The smallest absolute Gasteiger partial charge is 0.0204 e. The summed E-state index contributed by atoms with van der Waals surface area (Å²) in [5.74, 6) is 1.18. The van der Waals surface area contributed by atoms with Crippen LogP contribution in [-0.4, -0.2) is 13.1 Å². The molecule has 2 atom stereocenters. The first-order valence-electron chi connectivity index (χ1n) is 7.68. The Balaban J connectivity index is 1.94. The van der Waals surface area contributed by atoms with Crippen molar-refractivity contribution in [3.63, 3.8) is 0 Å². The van der Waals surface area contributed by atoms with E-state index in [1.54, 1.807) is 0 Å². The van der Waals surface area contributed by atoms with Crippen LogP contribution in [0.2, 0.25) is 0 Å². The van der Waals surface area contributed by atoms with Crippen LogP contribution in [-0.2, 0) is 0 Å². The number of hydrogen-bond donors (Lipinski definition) is 1. The first kappa shape index (κ1) is 14.8. The molecule has 1 saturated heterocycles. The van der Waals surface area contributed by atoms with Crippen LogP contribution in [0, 0.1) is 13.8 Å². The van der Waals surface area contributed by atoms with Gasteiger partial charge in [0.15, 0.2) is 0 Å². The van der Waals surface area contributed by atoms with Crippen molar-refractivity contribution in [2.45, 2.75) is 32.1 Å². The van der Waals surface area contributed by atoms with Gasteiger partial charge in [-0.15, -0.1) is 0 Å². The van der Waals surface area contributed by atoms with E-state index >= 15 is 0 Å². The molecule has 2 heteroatoms. The Hall–Kier alpha value is -1.12. The minimum atomic E-state index is 0.569. The SMILES string of the molecule is Cc1ccc(C2CNCCC2c2ccc(Br)c(C)c2)cc1. The second-order valence-electron chi connectivity index (χ2n) is 6.13. The zero-order valence-corrected chi connectivity index (χ0v) is 14.3. The van der Waals surface area contributed by atoms with E-state index in [9.17, 15) is 0 Å². The normalized spacial score (nSPS) is 22.2. The highest BCUT2D eigenvalue weighted by Crippen LogP contribution is 2.38.